The molecule has 0 aliphatic rings. The predicted octanol–water partition coefficient (Wildman–Crippen LogP) is 3.51. The van der Waals surface area contributed by atoms with Crippen molar-refractivity contribution in [3.8, 4) is 5.75 Å². The summed E-state index contributed by atoms with van der Waals surface area (Å²) in [6, 6.07) is 6.22. The highest BCUT2D eigenvalue weighted by atomic mass is 19.1. The minimum absolute atomic E-state index is 0.210. The van der Waals surface area contributed by atoms with Crippen LogP contribution in [0.2, 0.25) is 0 Å². The smallest absolute Gasteiger partial charge is 0.123 e. The third-order valence-corrected chi connectivity index (χ3v) is 3.45. The third-order valence-electron chi connectivity index (χ3n) is 3.45. The molecule has 0 saturated heterocycles. The maximum atomic E-state index is 12.7. The summed E-state index contributed by atoms with van der Waals surface area (Å²) in [6.45, 7) is 5.07. The van der Waals surface area contributed by atoms with Crippen molar-refractivity contribution >= 4 is 0 Å². The maximum Gasteiger partial charge on any atom is 0.123 e. The Kier molecular flexibility index (Phi) is 9.02. The first-order valence-corrected chi connectivity index (χ1v) is 7.91. The Morgan fingerprint density at radius 2 is 1.90 bits per heavy atom. The van der Waals surface area contributed by atoms with E-state index in [1.807, 2.05) is 0 Å². The summed E-state index contributed by atoms with van der Waals surface area (Å²) >= 11 is 0. The van der Waals surface area contributed by atoms with E-state index in [9.17, 15) is 9.50 Å². The first-order valence-electron chi connectivity index (χ1n) is 7.91. The molecule has 0 radical (unpaired) electrons. The lowest BCUT2D eigenvalue weighted by Gasteiger charge is -2.17. The van der Waals surface area contributed by atoms with E-state index < -0.39 is 6.10 Å². The van der Waals surface area contributed by atoms with Gasteiger partial charge in [-0.3, -0.25) is 0 Å². The normalized spacial score (nSPS) is 13.9. The van der Waals surface area contributed by atoms with Gasteiger partial charge in [0.05, 0.1) is 0 Å². The summed E-state index contributed by atoms with van der Waals surface area (Å²) in [5.41, 5.74) is 0. The number of benzene rings is 1. The lowest BCUT2D eigenvalue weighted by molar-refractivity contribution is 0.103. The fraction of sp³-hybridized carbons (Fsp3) is 0.647. The van der Waals surface area contributed by atoms with Gasteiger partial charge in [-0.1, -0.05) is 32.6 Å². The van der Waals surface area contributed by atoms with E-state index in [4.69, 9.17) is 4.74 Å². The molecule has 3 nitrogen and oxygen atoms in total. The van der Waals surface area contributed by atoms with Crippen LogP contribution >= 0.6 is 0 Å². The van der Waals surface area contributed by atoms with Gasteiger partial charge in [0, 0.05) is 12.6 Å². The van der Waals surface area contributed by atoms with Crippen molar-refractivity contribution in [3.05, 3.63) is 30.1 Å². The van der Waals surface area contributed by atoms with Crippen molar-refractivity contribution < 1.29 is 14.2 Å². The van der Waals surface area contributed by atoms with Crippen LogP contribution in [0.15, 0.2) is 24.3 Å². The Morgan fingerprint density at radius 3 is 2.57 bits per heavy atom. The number of nitrogens with one attached hydrogen (secondary N) is 1. The van der Waals surface area contributed by atoms with E-state index in [0.29, 0.717) is 18.3 Å². The summed E-state index contributed by atoms with van der Waals surface area (Å²) < 4.78 is 18.1. The van der Waals surface area contributed by atoms with Crippen LogP contribution < -0.4 is 10.1 Å². The number of hydrogen-bond donors (Lipinski definition) is 2. The van der Waals surface area contributed by atoms with Gasteiger partial charge in [-0.15, -0.1) is 0 Å². The number of halogens is 1. The van der Waals surface area contributed by atoms with Crippen molar-refractivity contribution in [1.29, 1.82) is 0 Å². The van der Waals surface area contributed by atoms with Crippen LogP contribution in [0.3, 0.4) is 0 Å². The molecule has 21 heavy (non-hydrogen) atoms. The van der Waals surface area contributed by atoms with Gasteiger partial charge in [-0.25, -0.2) is 4.39 Å². The minimum atomic E-state index is -0.562. The molecule has 2 unspecified atom stereocenters. The van der Waals surface area contributed by atoms with Crippen molar-refractivity contribution in [2.75, 3.05) is 13.2 Å². The lowest BCUT2D eigenvalue weighted by Crippen LogP contribution is -2.36. The number of rotatable bonds is 11. The van der Waals surface area contributed by atoms with Crippen LogP contribution in [-0.2, 0) is 0 Å². The van der Waals surface area contributed by atoms with E-state index in [1.165, 1.54) is 37.8 Å². The summed E-state index contributed by atoms with van der Waals surface area (Å²) in [4.78, 5) is 0. The Balaban J connectivity index is 2.10. The van der Waals surface area contributed by atoms with E-state index in [-0.39, 0.29) is 12.4 Å². The Morgan fingerprint density at radius 1 is 1.19 bits per heavy atom. The van der Waals surface area contributed by atoms with Gasteiger partial charge in [0.15, 0.2) is 0 Å². The monoisotopic (exact) mass is 297 g/mol. The molecule has 0 spiro atoms. The Labute approximate surface area is 127 Å². The largest absolute Gasteiger partial charge is 0.491 e. The SMILES string of the molecule is CCCCCCC(C)NCC(O)COc1ccc(F)cc1. The summed E-state index contributed by atoms with van der Waals surface area (Å²) in [5.74, 6) is 0.282. The molecule has 2 N–H and O–H groups in total. The average molecular weight is 297 g/mol. The fourth-order valence-electron chi connectivity index (χ4n) is 2.10. The highest BCUT2D eigenvalue weighted by Gasteiger charge is 2.08. The number of aliphatic hydroxyl groups is 1. The van der Waals surface area contributed by atoms with Crippen molar-refractivity contribution in [3.63, 3.8) is 0 Å². The van der Waals surface area contributed by atoms with Crippen molar-refractivity contribution in [2.24, 2.45) is 0 Å². The number of ether oxygens (including phenoxy) is 1. The maximum absolute atomic E-state index is 12.7. The summed E-state index contributed by atoms with van der Waals surface area (Å²) in [7, 11) is 0. The number of unbranched alkanes of at least 4 members (excludes halogenated alkanes) is 3. The number of aliphatic hydroxyl groups excluding tert-OH is 1. The molecule has 2 atom stereocenters. The molecule has 1 aromatic rings. The second-order valence-electron chi connectivity index (χ2n) is 5.58. The topological polar surface area (TPSA) is 41.5 Å². The molecule has 120 valence electrons. The first kappa shape index (κ1) is 17.9. The predicted molar refractivity (Wildman–Crippen MR) is 84.1 cm³/mol. The van der Waals surface area contributed by atoms with Gasteiger partial charge in [0.1, 0.15) is 24.3 Å². The number of hydrogen-bond acceptors (Lipinski definition) is 3. The quantitative estimate of drug-likeness (QED) is 0.614. The molecule has 0 aliphatic heterocycles. The fourth-order valence-corrected chi connectivity index (χ4v) is 2.10. The average Bonchev–Trinajstić information content (AvgIpc) is 2.49. The van der Waals surface area contributed by atoms with Gasteiger partial charge in [0.25, 0.3) is 0 Å². The zero-order chi connectivity index (χ0) is 15.5. The molecule has 0 aliphatic carbocycles. The third kappa shape index (κ3) is 8.68. The molecule has 1 aromatic carbocycles. The van der Waals surface area contributed by atoms with Crippen LogP contribution in [0.1, 0.15) is 46.0 Å². The molecule has 0 fully saturated rings. The second-order valence-corrected chi connectivity index (χ2v) is 5.58. The van der Waals surface area contributed by atoms with Gasteiger partial charge in [-0.2, -0.15) is 0 Å². The molecule has 0 aromatic heterocycles. The van der Waals surface area contributed by atoms with Gasteiger partial charge in [-0.05, 0) is 37.6 Å². The highest BCUT2D eigenvalue weighted by molar-refractivity contribution is 5.22. The Hall–Kier alpha value is -1.13. The van der Waals surface area contributed by atoms with Crippen LogP contribution in [-0.4, -0.2) is 30.4 Å². The molecule has 0 amide bonds. The zero-order valence-electron chi connectivity index (χ0n) is 13.1. The second kappa shape index (κ2) is 10.6. The lowest BCUT2D eigenvalue weighted by atomic mass is 10.1. The van der Waals surface area contributed by atoms with E-state index in [2.05, 4.69) is 19.2 Å². The molecule has 1 rings (SSSR count). The summed E-state index contributed by atoms with van der Waals surface area (Å²) in [6.07, 6.45) is 5.62. The van der Waals surface area contributed by atoms with Crippen LogP contribution in [0, 0.1) is 5.82 Å². The minimum Gasteiger partial charge on any atom is -0.491 e. The van der Waals surface area contributed by atoms with Gasteiger partial charge >= 0.3 is 0 Å². The molecule has 4 heteroatoms. The van der Waals surface area contributed by atoms with E-state index in [0.717, 1.165) is 6.42 Å². The van der Waals surface area contributed by atoms with Crippen LogP contribution in [0.4, 0.5) is 4.39 Å². The van der Waals surface area contributed by atoms with E-state index >= 15 is 0 Å². The van der Waals surface area contributed by atoms with Gasteiger partial charge < -0.3 is 15.2 Å². The van der Waals surface area contributed by atoms with Gasteiger partial charge in [0.2, 0.25) is 0 Å². The van der Waals surface area contributed by atoms with Crippen molar-refractivity contribution in [1.82, 2.24) is 5.32 Å². The molecular weight excluding hydrogens is 269 g/mol. The highest BCUT2D eigenvalue weighted by Crippen LogP contribution is 2.11. The standard InChI is InChI=1S/C17H28FNO2/c1-3-4-5-6-7-14(2)19-12-16(20)13-21-17-10-8-15(18)9-11-17/h8-11,14,16,19-20H,3-7,12-13H2,1-2H3. The van der Waals surface area contributed by atoms with Crippen LogP contribution in [0.25, 0.3) is 0 Å². The molecule has 0 bridgehead atoms. The molecule has 0 saturated carbocycles. The molecular formula is C17H28FNO2. The molecule has 0 heterocycles. The Bertz CT molecular complexity index is 370. The first-order chi connectivity index (χ1) is 10.1. The van der Waals surface area contributed by atoms with Crippen molar-refractivity contribution in [2.45, 2.75) is 58.1 Å². The zero-order valence-corrected chi connectivity index (χ0v) is 13.1. The van der Waals surface area contributed by atoms with E-state index in [1.54, 1.807) is 12.1 Å². The summed E-state index contributed by atoms with van der Waals surface area (Å²) in [5, 5.41) is 13.2. The van der Waals surface area contributed by atoms with Crippen LogP contribution in [0.5, 0.6) is 5.75 Å².